The third-order valence-corrected chi connectivity index (χ3v) is 4.66. The van der Waals surface area contributed by atoms with Gasteiger partial charge in [-0.3, -0.25) is 4.90 Å². The number of para-hydroxylation sites is 2. The third-order valence-electron chi connectivity index (χ3n) is 4.66. The molecule has 0 aliphatic carbocycles. The lowest BCUT2D eigenvalue weighted by molar-refractivity contribution is 0.219. The lowest BCUT2D eigenvalue weighted by Crippen LogP contribution is -2.45. The molecule has 2 atom stereocenters. The summed E-state index contributed by atoms with van der Waals surface area (Å²) in [4.78, 5) is 7.22. The van der Waals surface area contributed by atoms with Crippen LogP contribution in [0, 0.1) is 0 Å². The van der Waals surface area contributed by atoms with Gasteiger partial charge in [0.05, 0.1) is 13.7 Å². The summed E-state index contributed by atoms with van der Waals surface area (Å²) in [6.07, 6.45) is 2.51. The molecule has 0 amide bonds. The van der Waals surface area contributed by atoms with Crippen LogP contribution in [0.2, 0.25) is 0 Å². The van der Waals surface area contributed by atoms with Crippen molar-refractivity contribution in [3.8, 4) is 11.5 Å². The zero-order valence-corrected chi connectivity index (χ0v) is 16.6. The number of nitrogens with one attached hydrogen (secondary N) is 2. The molecule has 2 N–H and O–H groups in total. The Morgan fingerprint density at radius 2 is 2.04 bits per heavy atom. The Kier molecular flexibility index (Phi) is 8.54. The summed E-state index contributed by atoms with van der Waals surface area (Å²) in [5.74, 6) is 2.35. The number of ether oxygens (including phenoxy) is 2. The van der Waals surface area contributed by atoms with E-state index in [0.29, 0.717) is 12.6 Å². The van der Waals surface area contributed by atoms with E-state index in [1.54, 1.807) is 7.11 Å². The number of aliphatic imine (C=N–C) groups is 1. The molecule has 146 valence electrons. The fraction of sp³-hybridized carbons (Fsp3) is 0.650. The van der Waals surface area contributed by atoms with Crippen LogP contribution in [0.15, 0.2) is 29.3 Å². The van der Waals surface area contributed by atoms with Gasteiger partial charge in [-0.05, 0) is 51.9 Å². The van der Waals surface area contributed by atoms with Gasteiger partial charge in [-0.1, -0.05) is 19.1 Å². The summed E-state index contributed by atoms with van der Waals surface area (Å²) in [6, 6.07) is 8.30. The molecule has 0 bridgehead atoms. The normalized spacial score (nSPS) is 19.2. The van der Waals surface area contributed by atoms with E-state index in [4.69, 9.17) is 9.47 Å². The van der Waals surface area contributed by atoms with E-state index in [0.717, 1.165) is 37.1 Å². The minimum atomic E-state index is -0.0413. The quantitative estimate of drug-likeness (QED) is 0.522. The van der Waals surface area contributed by atoms with Crippen molar-refractivity contribution in [2.45, 2.75) is 45.8 Å². The van der Waals surface area contributed by atoms with Gasteiger partial charge in [0.25, 0.3) is 0 Å². The molecule has 0 spiro atoms. The maximum atomic E-state index is 5.98. The van der Waals surface area contributed by atoms with Gasteiger partial charge in [0, 0.05) is 19.1 Å². The zero-order valence-electron chi connectivity index (χ0n) is 16.6. The van der Waals surface area contributed by atoms with E-state index in [1.807, 2.05) is 31.2 Å². The first kappa shape index (κ1) is 20.4. The number of hydrogen-bond acceptors (Lipinski definition) is 4. The molecule has 1 aromatic carbocycles. The molecule has 0 aromatic heterocycles. The van der Waals surface area contributed by atoms with Crippen LogP contribution >= 0.6 is 0 Å². The molecule has 0 radical (unpaired) electrons. The molecular formula is C20H34N4O2. The number of nitrogens with zero attached hydrogens (tertiary/aromatic N) is 2. The highest BCUT2D eigenvalue weighted by atomic mass is 16.5. The molecule has 6 nitrogen and oxygen atoms in total. The highest BCUT2D eigenvalue weighted by Crippen LogP contribution is 2.26. The van der Waals surface area contributed by atoms with E-state index >= 15 is 0 Å². The van der Waals surface area contributed by atoms with Gasteiger partial charge in [-0.2, -0.15) is 0 Å². The molecule has 1 aliphatic rings. The lowest BCUT2D eigenvalue weighted by atomic mass is 10.2. The molecule has 2 unspecified atom stereocenters. The first-order valence-corrected chi connectivity index (χ1v) is 9.73. The van der Waals surface area contributed by atoms with Crippen LogP contribution in [0.4, 0.5) is 0 Å². The number of likely N-dealkylation sites (N-methyl/N-ethyl adjacent to an activating group) is 1. The van der Waals surface area contributed by atoms with Gasteiger partial charge < -0.3 is 20.1 Å². The second-order valence-electron chi connectivity index (χ2n) is 6.60. The van der Waals surface area contributed by atoms with Crippen LogP contribution in [-0.4, -0.2) is 62.8 Å². The molecule has 0 saturated carbocycles. The van der Waals surface area contributed by atoms with Crippen molar-refractivity contribution in [1.29, 1.82) is 0 Å². The first-order chi connectivity index (χ1) is 12.7. The van der Waals surface area contributed by atoms with E-state index in [9.17, 15) is 0 Å². The molecule has 1 fully saturated rings. The predicted molar refractivity (Wildman–Crippen MR) is 107 cm³/mol. The summed E-state index contributed by atoms with van der Waals surface area (Å²) in [7, 11) is 1.65. The first-order valence-electron chi connectivity index (χ1n) is 9.73. The average molecular weight is 363 g/mol. The van der Waals surface area contributed by atoms with E-state index in [1.165, 1.54) is 19.4 Å². The van der Waals surface area contributed by atoms with Crippen molar-refractivity contribution in [1.82, 2.24) is 15.5 Å². The molecule has 6 heteroatoms. The van der Waals surface area contributed by atoms with E-state index in [2.05, 4.69) is 34.4 Å². The highest BCUT2D eigenvalue weighted by Gasteiger charge is 2.22. The average Bonchev–Trinajstić information content (AvgIpc) is 3.12. The van der Waals surface area contributed by atoms with Crippen molar-refractivity contribution < 1.29 is 9.47 Å². The van der Waals surface area contributed by atoms with Gasteiger partial charge >= 0.3 is 0 Å². The van der Waals surface area contributed by atoms with Crippen molar-refractivity contribution in [2.24, 2.45) is 4.99 Å². The molecule has 1 saturated heterocycles. The second kappa shape index (κ2) is 10.9. The van der Waals surface area contributed by atoms with Crippen LogP contribution in [0.1, 0.15) is 33.6 Å². The van der Waals surface area contributed by atoms with Crippen molar-refractivity contribution >= 4 is 5.96 Å². The summed E-state index contributed by atoms with van der Waals surface area (Å²) in [6.45, 7) is 11.0. The monoisotopic (exact) mass is 362 g/mol. The molecule has 1 heterocycles. The van der Waals surface area contributed by atoms with Crippen LogP contribution < -0.4 is 20.1 Å². The van der Waals surface area contributed by atoms with Gasteiger partial charge in [0.2, 0.25) is 0 Å². The number of likely N-dealkylation sites (tertiary alicyclic amines) is 1. The third kappa shape index (κ3) is 6.09. The van der Waals surface area contributed by atoms with E-state index < -0.39 is 0 Å². The second-order valence-corrected chi connectivity index (χ2v) is 6.60. The Balaban J connectivity index is 1.87. The Bertz CT molecular complexity index is 564. The van der Waals surface area contributed by atoms with Crippen LogP contribution in [-0.2, 0) is 0 Å². The van der Waals surface area contributed by atoms with Gasteiger partial charge in [0.1, 0.15) is 6.10 Å². The molecule has 1 aliphatic heterocycles. The maximum absolute atomic E-state index is 5.98. The minimum Gasteiger partial charge on any atom is -0.493 e. The van der Waals surface area contributed by atoms with Gasteiger partial charge in [0.15, 0.2) is 17.5 Å². The fourth-order valence-electron chi connectivity index (χ4n) is 3.29. The minimum absolute atomic E-state index is 0.0413. The SMILES string of the molecule is CCNC(=NCC(C)Oc1ccccc1OC)NCC1CCCN1CC. The number of guanidine groups is 1. The highest BCUT2D eigenvalue weighted by molar-refractivity contribution is 5.79. The molecular weight excluding hydrogens is 328 g/mol. The summed E-state index contributed by atoms with van der Waals surface area (Å²) < 4.78 is 11.3. The molecule has 2 rings (SSSR count). The Morgan fingerprint density at radius 3 is 2.73 bits per heavy atom. The van der Waals surface area contributed by atoms with Crippen molar-refractivity contribution in [2.75, 3.05) is 39.8 Å². The van der Waals surface area contributed by atoms with Crippen molar-refractivity contribution in [3.05, 3.63) is 24.3 Å². The largest absolute Gasteiger partial charge is 0.493 e. The van der Waals surface area contributed by atoms with Crippen LogP contribution in [0.25, 0.3) is 0 Å². The smallest absolute Gasteiger partial charge is 0.191 e. The summed E-state index contributed by atoms with van der Waals surface area (Å²) in [5.41, 5.74) is 0. The predicted octanol–water partition coefficient (Wildman–Crippen LogP) is 2.50. The lowest BCUT2D eigenvalue weighted by Gasteiger charge is -2.24. The van der Waals surface area contributed by atoms with Gasteiger partial charge in [-0.15, -0.1) is 0 Å². The molecule has 26 heavy (non-hydrogen) atoms. The summed E-state index contributed by atoms with van der Waals surface area (Å²) >= 11 is 0. The van der Waals surface area contributed by atoms with Crippen LogP contribution in [0.3, 0.4) is 0 Å². The number of hydrogen-bond donors (Lipinski definition) is 2. The topological polar surface area (TPSA) is 58.1 Å². The molecule has 1 aromatic rings. The Morgan fingerprint density at radius 1 is 1.27 bits per heavy atom. The number of methoxy groups -OCH3 is 1. The standard InChI is InChI=1S/C20H34N4O2/c1-5-21-20(23-15-17-10-9-13-24(17)6-2)22-14-16(3)26-19-12-8-7-11-18(19)25-4/h7-8,11-12,16-17H,5-6,9-10,13-15H2,1-4H3,(H2,21,22,23). The fourth-order valence-corrected chi connectivity index (χ4v) is 3.29. The Hall–Kier alpha value is -1.95. The van der Waals surface area contributed by atoms with Gasteiger partial charge in [-0.25, -0.2) is 4.99 Å². The summed E-state index contributed by atoms with van der Waals surface area (Å²) in [5, 5.41) is 6.81. The van der Waals surface area contributed by atoms with E-state index in [-0.39, 0.29) is 6.10 Å². The number of benzene rings is 1. The maximum Gasteiger partial charge on any atom is 0.191 e. The van der Waals surface area contributed by atoms with Crippen LogP contribution in [0.5, 0.6) is 11.5 Å². The Labute approximate surface area is 158 Å². The van der Waals surface area contributed by atoms with Crippen molar-refractivity contribution in [3.63, 3.8) is 0 Å². The number of rotatable bonds is 9. The zero-order chi connectivity index (χ0) is 18.8.